The summed E-state index contributed by atoms with van der Waals surface area (Å²) in [5.74, 6) is 1.52. The van der Waals surface area contributed by atoms with Gasteiger partial charge in [-0.1, -0.05) is 0 Å². The number of aliphatic hydroxyl groups is 1. The molecule has 0 aromatic carbocycles. The number of nitrogen functional groups attached to an aromatic ring is 1. The van der Waals surface area contributed by atoms with E-state index in [1.54, 1.807) is 10.7 Å². The van der Waals surface area contributed by atoms with Gasteiger partial charge in [-0.25, -0.2) is 19.5 Å². The molecule has 120 valence electrons. The zero-order chi connectivity index (χ0) is 16.2. The van der Waals surface area contributed by atoms with Crippen molar-refractivity contribution in [2.75, 3.05) is 5.73 Å². The number of aryl methyl sites for hydroxylation is 1. The average Bonchev–Trinajstić information content (AvgIpc) is 3.21. The highest BCUT2D eigenvalue weighted by molar-refractivity contribution is 5.66. The molecule has 0 saturated heterocycles. The number of aromatic nitrogens is 5. The Bertz CT molecular complexity index is 868. The average molecular weight is 314 g/mol. The van der Waals surface area contributed by atoms with Gasteiger partial charge in [0, 0.05) is 5.92 Å². The molecule has 1 saturated carbocycles. The van der Waals surface area contributed by atoms with Gasteiger partial charge in [0.15, 0.2) is 17.3 Å². The third-order valence-electron chi connectivity index (χ3n) is 4.46. The maximum atomic E-state index is 10.2. The highest BCUT2D eigenvalue weighted by Gasteiger charge is 2.36. The summed E-state index contributed by atoms with van der Waals surface area (Å²) in [6.45, 7) is 3.73. The van der Waals surface area contributed by atoms with Gasteiger partial charge in [-0.3, -0.25) is 0 Å². The van der Waals surface area contributed by atoms with Crippen molar-refractivity contribution < 1.29 is 9.52 Å². The van der Waals surface area contributed by atoms with Crippen LogP contribution in [0.5, 0.6) is 0 Å². The van der Waals surface area contributed by atoms with Crippen molar-refractivity contribution in [1.29, 1.82) is 0 Å². The van der Waals surface area contributed by atoms with E-state index in [1.807, 2.05) is 13.8 Å². The quantitative estimate of drug-likeness (QED) is 0.739. The molecular formula is C15H18N6O2. The number of anilines is 1. The Labute approximate surface area is 132 Å². The zero-order valence-electron chi connectivity index (χ0n) is 13.0. The maximum Gasteiger partial charge on any atom is 0.246 e. The molecule has 1 aliphatic carbocycles. The van der Waals surface area contributed by atoms with Gasteiger partial charge in [0.05, 0.1) is 17.5 Å². The summed E-state index contributed by atoms with van der Waals surface area (Å²) in [6.07, 6.45) is 5.32. The largest absolute Gasteiger partial charge is 0.443 e. The second-order valence-electron chi connectivity index (χ2n) is 6.41. The molecule has 3 heterocycles. The first-order valence-corrected chi connectivity index (χ1v) is 7.59. The highest BCUT2D eigenvalue weighted by Crippen LogP contribution is 2.39. The van der Waals surface area contributed by atoms with Gasteiger partial charge >= 0.3 is 0 Å². The lowest BCUT2D eigenvalue weighted by atomic mass is 10.0. The van der Waals surface area contributed by atoms with Crippen LogP contribution < -0.4 is 5.73 Å². The van der Waals surface area contributed by atoms with Crippen molar-refractivity contribution >= 4 is 11.5 Å². The Kier molecular flexibility index (Phi) is 2.92. The summed E-state index contributed by atoms with van der Waals surface area (Å²) in [6, 6.07) is 0. The molecular weight excluding hydrogens is 296 g/mol. The predicted octanol–water partition coefficient (Wildman–Crippen LogP) is 1.69. The first-order valence-electron chi connectivity index (χ1n) is 7.59. The van der Waals surface area contributed by atoms with E-state index in [9.17, 15) is 5.11 Å². The van der Waals surface area contributed by atoms with Gasteiger partial charge in [0.1, 0.15) is 12.0 Å². The highest BCUT2D eigenvalue weighted by atomic mass is 16.3. The van der Waals surface area contributed by atoms with Crippen molar-refractivity contribution in [2.24, 2.45) is 0 Å². The Hall–Kier alpha value is -2.48. The molecule has 0 aliphatic heterocycles. The molecule has 2 atom stereocenters. The van der Waals surface area contributed by atoms with Crippen LogP contribution in [0.1, 0.15) is 43.6 Å². The zero-order valence-corrected chi connectivity index (χ0v) is 13.0. The molecule has 3 aromatic rings. The molecule has 0 amide bonds. The molecule has 23 heavy (non-hydrogen) atoms. The van der Waals surface area contributed by atoms with E-state index < -0.39 is 5.60 Å². The summed E-state index contributed by atoms with van der Waals surface area (Å²) in [5, 5.41) is 14.8. The molecule has 8 nitrogen and oxygen atoms in total. The molecule has 1 fully saturated rings. The maximum absolute atomic E-state index is 10.2. The van der Waals surface area contributed by atoms with E-state index in [1.165, 1.54) is 6.26 Å². The summed E-state index contributed by atoms with van der Waals surface area (Å²) in [4.78, 5) is 13.0. The number of hydrogen-bond acceptors (Lipinski definition) is 7. The fourth-order valence-electron chi connectivity index (χ4n) is 3.24. The van der Waals surface area contributed by atoms with E-state index in [2.05, 4.69) is 20.1 Å². The molecule has 8 heteroatoms. The van der Waals surface area contributed by atoms with Crippen molar-refractivity contribution in [3.8, 4) is 11.6 Å². The van der Waals surface area contributed by atoms with Crippen LogP contribution in [0.25, 0.3) is 17.2 Å². The number of oxazole rings is 1. The van der Waals surface area contributed by atoms with Crippen LogP contribution in [0.15, 0.2) is 16.9 Å². The van der Waals surface area contributed by atoms with Crippen molar-refractivity contribution in [3.63, 3.8) is 0 Å². The van der Waals surface area contributed by atoms with Crippen LogP contribution in [0, 0.1) is 6.92 Å². The fraction of sp³-hybridized carbons (Fsp3) is 0.467. The van der Waals surface area contributed by atoms with Crippen LogP contribution in [0.4, 0.5) is 5.82 Å². The predicted molar refractivity (Wildman–Crippen MR) is 82.6 cm³/mol. The number of nitrogens with zero attached hydrogens (tertiary/aromatic N) is 5. The molecule has 4 rings (SSSR count). The fourth-order valence-corrected chi connectivity index (χ4v) is 3.24. The molecule has 0 bridgehead atoms. The minimum absolute atomic E-state index is 0.133. The minimum Gasteiger partial charge on any atom is -0.443 e. The Morgan fingerprint density at radius 2 is 2.26 bits per heavy atom. The van der Waals surface area contributed by atoms with Crippen LogP contribution in [-0.2, 0) is 0 Å². The summed E-state index contributed by atoms with van der Waals surface area (Å²) < 4.78 is 7.00. The number of fused-ring (bicyclic) bond motifs is 1. The first kappa shape index (κ1) is 14.1. The van der Waals surface area contributed by atoms with E-state index in [-0.39, 0.29) is 11.7 Å². The standard InChI is InChI=1S/C15H18N6O2/c1-8-10(14-17-5-6-23-14)18-11(16)13-19-12(20-21(8)13)9-3-4-15(2,22)7-9/h5-6,9,22H,3-4,7H2,1-2H3,(H2,16,18)/t9-,15+/m1/s1. The second kappa shape index (κ2) is 4.76. The monoisotopic (exact) mass is 314 g/mol. The number of hydrogen-bond donors (Lipinski definition) is 2. The minimum atomic E-state index is -0.649. The Balaban J connectivity index is 1.83. The smallest absolute Gasteiger partial charge is 0.246 e. The van der Waals surface area contributed by atoms with Gasteiger partial charge in [-0.05, 0) is 33.1 Å². The summed E-state index contributed by atoms with van der Waals surface area (Å²) in [7, 11) is 0. The Morgan fingerprint density at radius 3 is 2.91 bits per heavy atom. The molecule has 0 unspecified atom stereocenters. The second-order valence-corrected chi connectivity index (χ2v) is 6.41. The molecule has 0 spiro atoms. The van der Waals surface area contributed by atoms with Crippen LogP contribution in [0.2, 0.25) is 0 Å². The lowest BCUT2D eigenvalue weighted by Gasteiger charge is -2.14. The third kappa shape index (κ3) is 2.26. The van der Waals surface area contributed by atoms with Gasteiger partial charge in [0.2, 0.25) is 5.89 Å². The molecule has 0 radical (unpaired) electrons. The van der Waals surface area contributed by atoms with Crippen LogP contribution >= 0.6 is 0 Å². The first-order chi connectivity index (χ1) is 10.9. The third-order valence-corrected chi connectivity index (χ3v) is 4.46. The molecule has 3 N–H and O–H groups in total. The van der Waals surface area contributed by atoms with Crippen LogP contribution in [-0.4, -0.2) is 35.3 Å². The SMILES string of the molecule is Cc1c(-c2ncco2)nc(N)c2nc([C@@H]3CC[C@](C)(O)C3)nn12. The van der Waals surface area contributed by atoms with Crippen molar-refractivity contribution in [3.05, 3.63) is 24.0 Å². The van der Waals surface area contributed by atoms with Crippen molar-refractivity contribution in [1.82, 2.24) is 24.6 Å². The van der Waals surface area contributed by atoms with Crippen molar-refractivity contribution in [2.45, 2.75) is 44.6 Å². The van der Waals surface area contributed by atoms with Gasteiger partial charge in [-0.2, -0.15) is 5.10 Å². The van der Waals surface area contributed by atoms with E-state index in [0.717, 1.165) is 18.5 Å². The number of nitrogens with two attached hydrogens (primary N) is 1. The normalized spacial score (nSPS) is 24.6. The van der Waals surface area contributed by atoms with E-state index >= 15 is 0 Å². The molecule has 1 aliphatic rings. The lowest BCUT2D eigenvalue weighted by Crippen LogP contribution is -2.18. The van der Waals surface area contributed by atoms with E-state index in [0.29, 0.717) is 29.5 Å². The van der Waals surface area contributed by atoms with E-state index in [4.69, 9.17) is 10.2 Å². The van der Waals surface area contributed by atoms with Gasteiger partial charge in [0.25, 0.3) is 0 Å². The molecule has 3 aromatic heterocycles. The Morgan fingerprint density at radius 1 is 1.43 bits per heavy atom. The van der Waals surface area contributed by atoms with Crippen LogP contribution in [0.3, 0.4) is 0 Å². The summed E-state index contributed by atoms with van der Waals surface area (Å²) >= 11 is 0. The van der Waals surface area contributed by atoms with Gasteiger partial charge in [-0.15, -0.1) is 0 Å². The summed E-state index contributed by atoms with van der Waals surface area (Å²) in [5.41, 5.74) is 7.24. The number of rotatable bonds is 2. The topological polar surface area (TPSA) is 115 Å². The van der Waals surface area contributed by atoms with Gasteiger partial charge < -0.3 is 15.3 Å². The lowest BCUT2D eigenvalue weighted by molar-refractivity contribution is 0.0662.